The number of hydrogen-bond acceptors (Lipinski definition) is 1. The minimum Gasteiger partial charge on any atom is -0.348 e. The van der Waals surface area contributed by atoms with Gasteiger partial charge in [0.1, 0.15) is 0 Å². The van der Waals surface area contributed by atoms with Crippen LogP contribution in [-0.4, -0.2) is 9.55 Å². The van der Waals surface area contributed by atoms with Crippen molar-refractivity contribution in [2.45, 2.75) is 57.9 Å². The van der Waals surface area contributed by atoms with Crippen molar-refractivity contribution >= 4 is 0 Å². The van der Waals surface area contributed by atoms with Crippen LogP contribution in [0.1, 0.15) is 68.4 Å². The van der Waals surface area contributed by atoms with Crippen LogP contribution in [0, 0.1) is 0 Å². The molecule has 1 fully saturated rings. The predicted octanol–water partition coefficient (Wildman–Crippen LogP) is 4.69. The smallest absolute Gasteiger partial charge is 0.0429 e. The number of aromatic nitrogens is 2. The van der Waals surface area contributed by atoms with E-state index in [4.69, 9.17) is 0 Å². The minimum absolute atomic E-state index is 0.508. The molecule has 2 nitrogen and oxygen atoms in total. The molecule has 106 valence electrons. The zero-order valence-corrected chi connectivity index (χ0v) is 12.7. The highest BCUT2D eigenvalue weighted by Gasteiger charge is 2.26. The van der Waals surface area contributed by atoms with Crippen molar-refractivity contribution in [3.8, 4) is 0 Å². The monoisotopic (exact) mass is 268 g/mol. The molecule has 1 aliphatic rings. The lowest BCUT2D eigenvalue weighted by Crippen LogP contribution is -2.06. The zero-order chi connectivity index (χ0) is 14.1. The van der Waals surface area contributed by atoms with Gasteiger partial charge in [0.05, 0.1) is 0 Å². The van der Waals surface area contributed by atoms with E-state index in [0.29, 0.717) is 11.8 Å². The molecule has 0 aromatic carbocycles. The van der Waals surface area contributed by atoms with Crippen LogP contribution in [-0.2, 0) is 6.42 Å². The summed E-state index contributed by atoms with van der Waals surface area (Å²) >= 11 is 0. The van der Waals surface area contributed by atoms with Crippen LogP contribution in [0.2, 0.25) is 0 Å². The van der Waals surface area contributed by atoms with Gasteiger partial charge in [0, 0.05) is 35.7 Å². The Morgan fingerprint density at radius 2 is 2.00 bits per heavy atom. The first-order valence-electron chi connectivity index (χ1n) is 7.76. The lowest BCUT2D eigenvalue weighted by molar-refractivity contribution is 0.627. The standard InChI is InChI=1S/C18H24N2/c1-13(2)17-9-6-15(12-19-17)11-14(3)18-5-4-10-20(18)16-7-8-16/h4-6,9-10,12-14,16H,7-8,11H2,1-3H3. The molecule has 2 heterocycles. The van der Waals surface area contributed by atoms with Crippen LogP contribution in [0.3, 0.4) is 0 Å². The van der Waals surface area contributed by atoms with E-state index in [2.05, 4.69) is 67.0 Å². The van der Waals surface area contributed by atoms with E-state index in [1.165, 1.54) is 29.8 Å². The molecular weight excluding hydrogens is 244 g/mol. The predicted molar refractivity (Wildman–Crippen MR) is 83.1 cm³/mol. The first kappa shape index (κ1) is 13.4. The van der Waals surface area contributed by atoms with Gasteiger partial charge in [0.25, 0.3) is 0 Å². The normalized spacial score (nSPS) is 16.6. The number of rotatable bonds is 5. The van der Waals surface area contributed by atoms with Crippen molar-refractivity contribution in [3.05, 3.63) is 53.6 Å². The van der Waals surface area contributed by atoms with Gasteiger partial charge in [-0.3, -0.25) is 4.98 Å². The van der Waals surface area contributed by atoms with E-state index in [0.717, 1.165) is 12.5 Å². The summed E-state index contributed by atoms with van der Waals surface area (Å²) in [6.45, 7) is 6.70. The van der Waals surface area contributed by atoms with Crippen molar-refractivity contribution in [1.82, 2.24) is 9.55 Å². The van der Waals surface area contributed by atoms with Crippen molar-refractivity contribution in [3.63, 3.8) is 0 Å². The third-order valence-electron chi connectivity index (χ3n) is 4.24. The van der Waals surface area contributed by atoms with Gasteiger partial charge >= 0.3 is 0 Å². The SMILES string of the molecule is CC(C)c1ccc(CC(C)c2cccn2C2CC2)cn1. The summed E-state index contributed by atoms with van der Waals surface area (Å²) in [7, 11) is 0. The molecule has 0 bridgehead atoms. The molecule has 1 unspecified atom stereocenters. The average Bonchev–Trinajstić information content (AvgIpc) is 3.16. The third-order valence-corrected chi connectivity index (χ3v) is 4.24. The third kappa shape index (κ3) is 2.79. The Kier molecular flexibility index (Phi) is 3.64. The molecule has 0 N–H and O–H groups in total. The second-order valence-electron chi connectivity index (χ2n) is 6.42. The highest BCUT2D eigenvalue weighted by Crippen LogP contribution is 2.38. The molecule has 2 heteroatoms. The van der Waals surface area contributed by atoms with Crippen LogP contribution in [0.15, 0.2) is 36.7 Å². The molecule has 3 rings (SSSR count). The number of pyridine rings is 1. The topological polar surface area (TPSA) is 17.8 Å². The minimum atomic E-state index is 0.508. The molecular formula is C18H24N2. The summed E-state index contributed by atoms with van der Waals surface area (Å²) in [4.78, 5) is 4.58. The van der Waals surface area contributed by atoms with E-state index >= 15 is 0 Å². The molecule has 0 aliphatic heterocycles. The second kappa shape index (κ2) is 5.43. The summed E-state index contributed by atoms with van der Waals surface area (Å²) in [5.41, 5.74) is 3.99. The Balaban J connectivity index is 1.71. The lowest BCUT2D eigenvalue weighted by atomic mass is 9.98. The van der Waals surface area contributed by atoms with E-state index in [-0.39, 0.29) is 0 Å². The van der Waals surface area contributed by atoms with Gasteiger partial charge in [-0.1, -0.05) is 26.8 Å². The lowest BCUT2D eigenvalue weighted by Gasteiger charge is -2.15. The Hall–Kier alpha value is -1.57. The fourth-order valence-corrected chi connectivity index (χ4v) is 2.87. The first-order valence-corrected chi connectivity index (χ1v) is 7.76. The molecule has 0 spiro atoms. The second-order valence-corrected chi connectivity index (χ2v) is 6.42. The molecule has 20 heavy (non-hydrogen) atoms. The van der Waals surface area contributed by atoms with E-state index in [1.54, 1.807) is 0 Å². The Morgan fingerprint density at radius 3 is 2.60 bits per heavy atom. The first-order chi connectivity index (χ1) is 9.65. The zero-order valence-electron chi connectivity index (χ0n) is 12.7. The number of nitrogens with zero attached hydrogens (tertiary/aromatic N) is 2. The number of hydrogen-bond donors (Lipinski definition) is 0. The van der Waals surface area contributed by atoms with Gasteiger partial charge in [-0.15, -0.1) is 0 Å². The largest absolute Gasteiger partial charge is 0.348 e. The van der Waals surface area contributed by atoms with E-state index in [1.807, 2.05) is 0 Å². The summed E-state index contributed by atoms with van der Waals surface area (Å²) in [6.07, 6.45) is 8.06. The highest BCUT2D eigenvalue weighted by atomic mass is 15.0. The molecule has 1 saturated carbocycles. The maximum atomic E-state index is 4.58. The van der Waals surface area contributed by atoms with Gasteiger partial charge < -0.3 is 4.57 Å². The van der Waals surface area contributed by atoms with Crippen LogP contribution < -0.4 is 0 Å². The van der Waals surface area contributed by atoms with Crippen molar-refractivity contribution in [1.29, 1.82) is 0 Å². The maximum absolute atomic E-state index is 4.58. The van der Waals surface area contributed by atoms with Crippen molar-refractivity contribution < 1.29 is 0 Å². The molecule has 2 aromatic heterocycles. The van der Waals surface area contributed by atoms with Gasteiger partial charge in [0.2, 0.25) is 0 Å². The van der Waals surface area contributed by atoms with Crippen LogP contribution in [0.5, 0.6) is 0 Å². The fourth-order valence-electron chi connectivity index (χ4n) is 2.87. The Bertz CT molecular complexity index is 561. The van der Waals surface area contributed by atoms with Crippen LogP contribution in [0.25, 0.3) is 0 Å². The van der Waals surface area contributed by atoms with Gasteiger partial charge in [-0.05, 0) is 48.9 Å². The van der Waals surface area contributed by atoms with Crippen molar-refractivity contribution in [2.24, 2.45) is 0 Å². The Morgan fingerprint density at radius 1 is 1.20 bits per heavy atom. The Labute approximate surface area is 121 Å². The highest BCUT2D eigenvalue weighted by molar-refractivity contribution is 5.21. The van der Waals surface area contributed by atoms with Gasteiger partial charge in [-0.2, -0.15) is 0 Å². The maximum Gasteiger partial charge on any atom is 0.0429 e. The quantitative estimate of drug-likeness (QED) is 0.769. The molecule has 1 aliphatic carbocycles. The van der Waals surface area contributed by atoms with Crippen molar-refractivity contribution in [2.75, 3.05) is 0 Å². The molecule has 0 saturated heterocycles. The summed E-state index contributed by atoms with van der Waals surface area (Å²) in [6, 6.07) is 9.64. The van der Waals surface area contributed by atoms with Crippen LogP contribution >= 0.6 is 0 Å². The molecule has 2 aromatic rings. The summed E-state index contributed by atoms with van der Waals surface area (Å²) < 4.78 is 2.47. The fraction of sp³-hybridized carbons (Fsp3) is 0.500. The summed E-state index contributed by atoms with van der Waals surface area (Å²) in [5.74, 6) is 1.06. The summed E-state index contributed by atoms with van der Waals surface area (Å²) in [5, 5.41) is 0. The molecule has 0 amide bonds. The average molecular weight is 268 g/mol. The van der Waals surface area contributed by atoms with E-state index < -0.39 is 0 Å². The van der Waals surface area contributed by atoms with E-state index in [9.17, 15) is 0 Å². The molecule has 1 atom stereocenters. The van der Waals surface area contributed by atoms with Gasteiger partial charge in [0.15, 0.2) is 0 Å². The van der Waals surface area contributed by atoms with Gasteiger partial charge in [-0.25, -0.2) is 0 Å². The van der Waals surface area contributed by atoms with Crippen LogP contribution in [0.4, 0.5) is 0 Å². The molecule has 0 radical (unpaired) electrons.